The van der Waals surface area contributed by atoms with Crippen molar-refractivity contribution in [1.29, 1.82) is 0 Å². The first-order chi connectivity index (χ1) is 20.9. The van der Waals surface area contributed by atoms with Gasteiger partial charge in [-0.05, 0) is 52.9 Å². The van der Waals surface area contributed by atoms with Gasteiger partial charge in [0.25, 0.3) is 0 Å². The molecule has 2 nitrogen and oxygen atoms in total. The van der Waals surface area contributed by atoms with Gasteiger partial charge in [0.05, 0.1) is 11.4 Å². The molecule has 7 aromatic carbocycles. The Morgan fingerprint density at radius 1 is 0.405 bits per heavy atom. The van der Waals surface area contributed by atoms with E-state index in [1.54, 1.807) is 0 Å². The van der Waals surface area contributed by atoms with Crippen molar-refractivity contribution in [2.75, 3.05) is 4.90 Å². The molecule has 0 unspecified atom stereocenters. The van der Waals surface area contributed by atoms with E-state index in [4.69, 9.17) is 4.42 Å². The molecule has 1 heterocycles. The van der Waals surface area contributed by atoms with Crippen LogP contribution in [0.2, 0.25) is 0 Å². The molecular formula is C40H27NO. The van der Waals surface area contributed by atoms with Gasteiger partial charge in [0.15, 0.2) is 0 Å². The van der Waals surface area contributed by atoms with Crippen LogP contribution in [0.5, 0.6) is 0 Å². The Morgan fingerprint density at radius 2 is 1.02 bits per heavy atom. The van der Waals surface area contributed by atoms with Gasteiger partial charge in [-0.15, -0.1) is 0 Å². The van der Waals surface area contributed by atoms with Crippen molar-refractivity contribution in [2.24, 2.45) is 0 Å². The van der Waals surface area contributed by atoms with Crippen LogP contribution in [0.1, 0.15) is 0 Å². The molecular weight excluding hydrogens is 510 g/mol. The van der Waals surface area contributed by atoms with Crippen molar-refractivity contribution in [3.8, 4) is 22.3 Å². The van der Waals surface area contributed by atoms with Crippen LogP contribution in [0.4, 0.5) is 17.1 Å². The van der Waals surface area contributed by atoms with Gasteiger partial charge in [-0.2, -0.15) is 0 Å². The Hall–Kier alpha value is -5.60. The molecule has 0 saturated heterocycles. The number of fused-ring (bicyclic) bond motifs is 5. The molecule has 0 saturated carbocycles. The summed E-state index contributed by atoms with van der Waals surface area (Å²) in [5.41, 5.74) is 9.81. The van der Waals surface area contributed by atoms with E-state index in [1.165, 1.54) is 16.5 Å². The summed E-state index contributed by atoms with van der Waals surface area (Å²) >= 11 is 0. The van der Waals surface area contributed by atoms with Crippen LogP contribution in [0.25, 0.3) is 55.0 Å². The van der Waals surface area contributed by atoms with Crippen molar-refractivity contribution in [3.63, 3.8) is 0 Å². The summed E-state index contributed by atoms with van der Waals surface area (Å²) in [5.74, 6) is 0. The fourth-order valence-electron chi connectivity index (χ4n) is 6.19. The highest BCUT2D eigenvalue weighted by Gasteiger charge is 2.22. The van der Waals surface area contributed by atoms with Gasteiger partial charge in [0.1, 0.15) is 11.2 Å². The third kappa shape index (κ3) is 3.96. The third-order valence-electron chi connectivity index (χ3n) is 8.07. The Bertz CT molecular complexity index is 2200. The molecule has 198 valence electrons. The smallest absolute Gasteiger partial charge is 0.143 e. The second-order valence-corrected chi connectivity index (χ2v) is 10.5. The van der Waals surface area contributed by atoms with Gasteiger partial charge >= 0.3 is 0 Å². The topological polar surface area (TPSA) is 16.4 Å². The van der Waals surface area contributed by atoms with E-state index in [2.05, 4.69) is 169 Å². The van der Waals surface area contributed by atoms with Crippen LogP contribution in [0, 0.1) is 0 Å². The van der Waals surface area contributed by atoms with Crippen molar-refractivity contribution in [3.05, 3.63) is 164 Å². The van der Waals surface area contributed by atoms with Crippen LogP contribution in [-0.2, 0) is 0 Å². The van der Waals surface area contributed by atoms with E-state index in [0.29, 0.717) is 0 Å². The number of anilines is 3. The average molecular weight is 538 g/mol. The summed E-state index contributed by atoms with van der Waals surface area (Å²) in [4.78, 5) is 2.38. The molecule has 0 bridgehead atoms. The lowest BCUT2D eigenvalue weighted by Crippen LogP contribution is -2.12. The minimum absolute atomic E-state index is 0.893. The molecule has 0 aliphatic rings. The number of para-hydroxylation sites is 3. The Kier molecular flexibility index (Phi) is 5.82. The van der Waals surface area contributed by atoms with Gasteiger partial charge in [0.2, 0.25) is 0 Å². The normalized spacial score (nSPS) is 11.3. The van der Waals surface area contributed by atoms with Crippen LogP contribution in [-0.4, -0.2) is 0 Å². The lowest BCUT2D eigenvalue weighted by atomic mass is 9.95. The second kappa shape index (κ2) is 10.1. The highest BCUT2D eigenvalue weighted by atomic mass is 16.3. The molecule has 1 aromatic heterocycles. The van der Waals surface area contributed by atoms with Crippen LogP contribution in [0.3, 0.4) is 0 Å². The molecule has 8 rings (SSSR count). The maximum Gasteiger partial charge on any atom is 0.143 e. The van der Waals surface area contributed by atoms with Gasteiger partial charge in [0, 0.05) is 33.0 Å². The van der Waals surface area contributed by atoms with E-state index in [-0.39, 0.29) is 0 Å². The van der Waals surface area contributed by atoms with E-state index < -0.39 is 0 Å². The zero-order valence-corrected chi connectivity index (χ0v) is 22.9. The molecule has 0 aliphatic heterocycles. The Balaban J connectivity index is 1.41. The SMILES string of the molecule is c1ccc(-c2ccccc2N(c2ccccc2)c2ccccc2-c2cccc3oc4c5ccccc5ccc4c23)cc1. The van der Waals surface area contributed by atoms with Gasteiger partial charge in [-0.1, -0.05) is 127 Å². The quantitative estimate of drug-likeness (QED) is 0.217. The maximum absolute atomic E-state index is 6.56. The Morgan fingerprint density at radius 3 is 1.83 bits per heavy atom. The van der Waals surface area contributed by atoms with Crippen LogP contribution >= 0.6 is 0 Å². The average Bonchev–Trinajstić information content (AvgIpc) is 3.46. The van der Waals surface area contributed by atoms with Gasteiger partial charge < -0.3 is 9.32 Å². The van der Waals surface area contributed by atoms with Crippen LogP contribution < -0.4 is 4.90 Å². The third-order valence-corrected chi connectivity index (χ3v) is 8.07. The summed E-state index contributed by atoms with van der Waals surface area (Å²) in [5, 5.41) is 4.58. The molecule has 0 N–H and O–H groups in total. The summed E-state index contributed by atoms with van der Waals surface area (Å²) in [6, 6.07) is 57.8. The summed E-state index contributed by atoms with van der Waals surface area (Å²) < 4.78 is 6.56. The summed E-state index contributed by atoms with van der Waals surface area (Å²) in [6.07, 6.45) is 0. The molecule has 0 fully saturated rings. The number of hydrogen-bond acceptors (Lipinski definition) is 2. The molecule has 0 aliphatic carbocycles. The van der Waals surface area contributed by atoms with E-state index in [0.717, 1.165) is 55.5 Å². The number of benzene rings is 7. The summed E-state index contributed by atoms with van der Waals surface area (Å²) in [7, 11) is 0. The predicted octanol–water partition coefficient (Wildman–Crippen LogP) is 11.5. The first-order valence-electron chi connectivity index (χ1n) is 14.3. The molecule has 42 heavy (non-hydrogen) atoms. The van der Waals surface area contributed by atoms with Gasteiger partial charge in [-0.3, -0.25) is 0 Å². The van der Waals surface area contributed by atoms with Gasteiger partial charge in [-0.25, -0.2) is 0 Å². The van der Waals surface area contributed by atoms with Crippen molar-refractivity contribution in [1.82, 2.24) is 0 Å². The number of nitrogens with zero attached hydrogens (tertiary/aromatic N) is 1. The largest absolute Gasteiger partial charge is 0.455 e. The number of hydrogen-bond donors (Lipinski definition) is 0. The zero-order chi connectivity index (χ0) is 27.9. The molecule has 0 atom stereocenters. The molecule has 2 heteroatoms. The van der Waals surface area contributed by atoms with Crippen molar-refractivity contribution >= 4 is 49.8 Å². The molecule has 0 spiro atoms. The van der Waals surface area contributed by atoms with Crippen molar-refractivity contribution in [2.45, 2.75) is 0 Å². The van der Waals surface area contributed by atoms with Crippen molar-refractivity contribution < 1.29 is 4.42 Å². The van der Waals surface area contributed by atoms with E-state index in [1.807, 2.05) is 0 Å². The minimum atomic E-state index is 0.893. The summed E-state index contributed by atoms with van der Waals surface area (Å²) in [6.45, 7) is 0. The first kappa shape index (κ1) is 24.2. The fraction of sp³-hybridized carbons (Fsp3) is 0. The maximum atomic E-state index is 6.56. The lowest BCUT2D eigenvalue weighted by Gasteiger charge is -2.30. The standard InChI is InChI=1S/C40H27NO/c1-3-14-28(15-4-1)31-19-9-11-23-36(31)41(30-17-5-2-6-18-30)37-24-12-10-21-33(37)34-22-13-25-38-39(34)35-27-26-29-16-7-8-20-32(29)40(35)42-38/h1-27H. The van der Waals surface area contributed by atoms with E-state index in [9.17, 15) is 0 Å². The Labute approximate surface area is 244 Å². The lowest BCUT2D eigenvalue weighted by molar-refractivity contribution is 0.673. The van der Waals surface area contributed by atoms with E-state index >= 15 is 0 Å². The molecule has 8 aromatic rings. The monoisotopic (exact) mass is 537 g/mol. The number of furan rings is 1. The van der Waals surface area contributed by atoms with Crippen LogP contribution in [0.15, 0.2) is 168 Å². The molecule has 0 amide bonds. The highest BCUT2D eigenvalue weighted by Crippen LogP contribution is 2.47. The number of rotatable bonds is 5. The molecule has 0 radical (unpaired) electrons. The first-order valence-corrected chi connectivity index (χ1v) is 14.3. The predicted molar refractivity (Wildman–Crippen MR) is 177 cm³/mol. The fourth-order valence-corrected chi connectivity index (χ4v) is 6.19. The second-order valence-electron chi connectivity index (χ2n) is 10.5. The zero-order valence-electron chi connectivity index (χ0n) is 22.9. The highest BCUT2D eigenvalue weighted by molar-refractivity contribution is 6.19. The minimum Gasteiger partial charge on any atom is -0.455 e.